The summed E-state index contributed by atoms with van der Waals surface area (Å²) in [6.07, 6.45) is -0.251. The topological polar surface area (TPSA) is 64.6 Å². The van der Waals surface area contributed by atoms with Crippen molar-refractivity contribution >= 4 is 12.1 Å². The van der Waals surface area contributed by atoms with E-state index in [1.54, 1.807) is 6.92 Å². The normalized spacial score (nSPS) is 22.9. The van der Waals surface area contributed by atoms with Gasteiger partial charge in [0, 0.05) is 6.54 Å². The Labute approximate surface area is 111 Å². The first-order chi connectivity index (χ1) is 9.10. The second kappa shape index (κ2) is 5.73. The lowest BCUT2D eigenvalue weighted by atomic mass is 9.87. The summed E-state index contributed by atoms with van der Waals surface area (Å²) in [7, 11) is 0. The predicted molar refractivity (Wildman–Crippen MR) is 68.3 cm³/mol. The number of amides is 1. The molecule has 2 rings (SSSR count). The summed E-state index contributed by atoms with van der Waals surface area (Å²) in [4.78, 5) is 23.2. The Hall–Kier alpha value is -2.04. The van der Waals surface area contributed by atoms with Gasteiger partial charge in [-0.1, -0.05) is 30.3 Å². The van der Waals surface area contributed by atoms with Crippen LogP contribution in [0.5, 0.6) is 0 Å². The Bertz CT molecular complexity index is 460. The highest BCUT2D eigenvalue weighted by atomic mass is 16.7. The van der Waals surface area contributed by atoms with Crippen molar-refractivity contribution in [3.8, 4) is 0 Å². The van der Waals surface area contributed by atoms with Crippen molar-refractivity contribution in [2.24, 2.45) is 5.41 Å². The van der Waals surface area contributed by atoms with E-state index in [9.17, 15) is 9.59 Å². The van der Waals surface area contributed by atoms with E-state index in [4.69, 9.17) is 9.47 Å². The molecule has 1 fully saturated rings. The number of carbonyl (C=O) groups is 2. The average Bonchev–Trinajstić information content (AvgIpc) is 2.60. The molecule has 1 saturated heterocycles. The zero-order valence-electron chi connectivity index (χ0n) is 10.8. The molecule has 0 radical (unpaired) electrons. The third kappa shape index (κ3) is 3.47. The smallest absolute Gasteiger partial charge is 0.434 e. The molecule has 1 unspecified atom stereocenters. The van der Waals surface area contributed by atoms with Crippen molar-refractivity contribution in [1.82, 2.24) is 5.32 Å². The van der Waals surface area contributed by atoms with Gasteiger partial charge < -0.3 is 14.8 Å². The van der Waals surface area contributed by atoms with Crippen molar-refractivity contribution in [1.29, 1.82) is 0 Å². The fraction of sp³-hybridized carbons (Fsp3) is 0.429. The van der Waals surface area contributed by atoms with Crippen molar-refractivity contribution in [2.75, 3.05) is 13.2 Å². The predicted octanol–water partition coefficient (Wildman–Crippen LogP) is 1.87. The van der Waals surface area contributed by atoms with Crippen LogP contribution in [0.4, 0.5) is 4.79 Å². The largest absolute Gasteiger partial charge is 0.508 e. The van der Waals surface area contributed by atoms with Gasteiger partial charge in [-0.3, -0.25) is 4.79 Å². The molecule has 0 bridgehead atoms. The van der Waals surface area contributed by atoms with Crippen LogP contribution in [0.15, 0.2) is 30.3 Å². The number of nitrogens with one attached hydrogen (secondary N) is 1. The Morgan fingerprint density at radius 2 is 2.05 bits per heavy atom. The molecule has 1 aliphatic heterocycles. The van der Waals surface area contributed by atoms with Crippen LogP contribution in [0.2, 0.25) is 0 Å². The zero-order chi connectivity index (χ0) is 13.7. The lowest BCUT2D eigenvalue weighted by Crippen LogP contribution is -2.41. The van der Waals surface area contributed by atoms with Crippen LogP contribution in [0.1, 0.15) is 18.9 Å². The number of hydrogen-bond acceptors (Lipinski definition) is 4. The minimum absolute atomic E-state index is 0.0481. The molecule has 0 saturated carbocycles. The number of benzene rings is 1. The van der Waals surface area contributed by atoms with E-state index < -0.39 is 11.6 Å². The molecule has 5 nitrogen and oxygen atoms in total. The first kappa shape index (κ1) is 13.4. The number of rotatable bonds is 3. The molecule has 0 aliphatic carbocycles. The standard InChI is InChI=1S/C14H17NO4/c1-14(7-8-18-13(17)19-10-14)12(16)15-9-11-5-3-2-4-6-11/h2-6H,7-10H2,1H3,(H,15,16). The van der Waals surface area contributed by atoms with Crippen LogP contribution in [-0.2, 0) is 20.8 Å². The Morgan fingerprint density at radius 3 is 2.79 bits per heavy atom. The molecule has 0 spiro atoms. The highest BCUT2D eigenvalue weighted by molar-refractivity contribution is 5.82. The summed E-state index contributed by atoms with van der Waals surface area (Å²) < 4.78 is 9.64. The van der Waals surface area contributed by atoms with Crippen LogP contribution in [-0.4, -0.2) is 25.3 Å². The summed E-state index contributed by atoms with van der Waals surface area (Å²) in [6, 6.07) is 9.65. The Morgan fingerprint density at radius 1 is 1.32 bits per heavy atom. The van der Waals surface area contributed by atoms with Gasteiger partial charge in [-0.15, -0.1) is 0 Å². The van der Waals surface area contributed by atoms with E-state index in [1.165, 1.54) is 0 Å². The van der Waals surface area contributed by atoms with Gasteiger partial charge in [-0.2, -0.15) is 0 Å². The maximum absolute atomic E-state index is 12.2. The summed E-state index contributed by atoms with van der Waals surface area (Å²) >= 11 is 0. The minimum atomic E-state index is -0.735. The van der Waals surface area contributed by atoms with Crippen LogP contribution in [0, 0.1) is 5.41 Å². The van der Waals surface area contributed by atoms with Gasteiger partial charge in [-0.25, -0.2) is 4.79 Å². The van der Waals surface area contributed by atoms with E-state index >= 15 is 0 Å². The molecule has 1 atom stereocenters. The number of hydrogen-bond donors (Lipinski definition) is 1. The number of cyclic esters (lactones) is 2. The molecule has 1 N–H and O–H groups in total. The zero-order valence-corrected chi connectivity index (χ0v) is 10.8. The maximum Gasteiger partial charge on any atom is 0.508 e. The minimum Gasteiger partial charge on any atom is -0.434 e. The lowest BCUT2D eigenvalue weighted by Gasteiger charge is -2.24. The van der Waals surface area contributed by atoms with E-state index in [1.807, 2.05) is 30.3 Å². The van der Waals surface area contributed by atoms with Crippen molar-refractivity contribution < 1.29 is 19.1 Å². The van der Waals surface area contributed by atoms with Crippen molar-refractivity contribution in [2.45, 2.75) is 19.9 Å². The molecule has 1 aliphatic rings. The average molecular weight is 263 g/mol. The quantitative estimate of drug-likeness (QED) is 0.845. The summed E-state index contributed by atoms with van der Waals surface area (Å²) in [5.41, 5.74) is 0.294. The van der Waals surface area contributed by atoms with E-state index in [-0.39, 0.29) is 19.1 Å². The number of ether oxygens (including phenoxy) is 2. The van der Waals surface area contributed by atoms with E-state index in [2.05, 4.69) is 5.32 Å². The Balaban J connectivity index is 1.93. The first-order valence-electron chi connectivity index (χ1n) is 6.22. The Kier molecular flexibility index (Phi) is 4.04. The molecular formula is C14H17NO4. The van der Waals surface area contributed by atoms with Gasteiger partial charge >= 0.3 is 6.16 Å². The monoisotopic (exact) mass is 263 g/mol. The molecule has 1 aromatic rings. The fourth-order valence-electron chi connectivity index (χ4n) is 1.86. The molecule has 0 aromatic heterocycles. The highest BCUT2D eigenvalue weighted by Crippen LogP contribution is 2.25. The van der Waals surface area contributed by atoms with Gasteiger partial charge in [0.25, 0.3) is 0 Å². The third-order valence-corrected chi connectivity index (χ3v) is 3.23. The lowest BCUT2D eigenvalue weighted by molar-refractivity contribution is -0.132. The molecule has 102 valence electrons. The molecular weight excluding hydrogens is 246 g/mol. The SMILES string of the molecule is CC1(C(=O)NCc2ccccc2)CCOC(=O)OC1. The van der Waals surface area contributed by atoms with Crippen molar-refractivity contribution in [3.63, 3.8) is 0 Å². The highest BCUT2D eigenvalue weighted by Gasteiger charge is 2.37. The summed E-state index contributed by atoms with van der Waals surface area (Å²) in [6.45, 7) is 2.49. The molecule has 1 amide bonds. The summed E-state index contributed by atoms with van der Waals surface area (Å²) in [5.74, 6) is -0.130. The van der Waals surface area contributed by atoms with E-state index in [0.29, 0.717) is 13.0 Å². The maximum atomic E-state index is 12.2. The molecule has 19 heavy (non-hydrogen) atoms. The fourth-order valence-corrected chi connectivity index (χ4v) is 1.86. The second-order valence-corrected chi connectivity index (χ2v) is 4.87. The van der Waals surface area contributed by atoms with Crippen LogP contribution >= 0.6 is 0 Å². The van der Waals surface area contributed by atoms with Crippen LogP contribution in [0.3, 0.4) is 0 Å². The number of carbonyl (C=O) groups excluding carboxylic acids is 2. The van der Waals surface area contributed by atoms with Gasteiger partial charge in [0.15, 0.2) is 0 Å². The van der Waals surface area contributed by atoms with E-state index in [0.717, 1.165) is 5.56 Å². The van der Waals surface area contributed by atoms with Crippen LogP contribution < -0.4 is 5.32 Å². The molecule has 1 heterocycles. The van der Waals surface area contributed by atoms with Gasteiger partial charge in [0.1, 0.15) is 6.61 Å². The second-order valence-electron chi connectivity index (χ2n) is 4.87. The van der Waals surface area contributed by atoms with Crippen LogP contribution in [0.25, 0.3) is 0 Å². The van der Waals surface area contributed by atoms with Gasteiger partial charge in [0.2, 0.25) is 5.91 Å². The summed E-state index contributed by atoms with van der Waals surface area (Å²) in [5, 5.41) is 2.87. The molecule has 1 aromatic carbocycles. The third-order valence-electron chi connectivity index (χ3n) is 3.23. The molecule has 5 heteroatoms. The first-order valence-corrected chi connectivity index (χ1v) is 6.22. The van der Waals surface area contributed by atoms with Gasteiger partial charge in [0.05, 0.1) is 12.0 Å². The van der Waals surface area contributed by atoms with Gasteiger partial charge in [-0.05, 0) is 18.9 Å². The van der Waals surface area contributed by atoms with Crippen molar-refractivity contribution in [3.05, 3.63) is 35.9 Å².